The fourth-order valence-corrected chi connectivity index (χ4v) is 3.82. The molecule has 0 aliphatic carbocycles. The van der Waals surface area contributed by atoms with E-state index in [1.54, 1.807) is 0 Å². The third-order valence-electron chi connectivity index (χ3n) is 6.04. The summed E-state index contributed by atoms with van der Waals surface area (Å²) in [6.07, 6.45) is 23.3. The minimum atomic E-state index is 0.221. The number of hydrogen-bond donors (Lipinski definition) is 0. The number of ketones is 1. The first-order chi connectivity index (χ1) is 13.4. The molecule has 2 heteroatoms. The number of carbonyl (C=O) groups excluding carboxylic acids is 1. The SMILES string of the molecule is C=C(C)C(=O)CC[N+](C)(C)CCCCCCCCCCCCCCCCCC. The molecule has 0 atom stereocenters. The van der Waals surface area contributed by atoms with E-state index in [0.717, 1.165) is 11.0 Å². The van der Waals surface area contributed by atoms with Gasteiger partial charge in [0.25, 0.3) is 0 Å². The zero-order chi connectivity index (χ0) is 21.1. The standard InChI is InChI=1S/C26H52NO/c1-6-7-8-9-10-11-12-13-14-15-16-17-18-19-20-21-23-27(4,5)24-22-26(28)25(2)3/h2,6-24H2,1,3-5H3/q+1. The van der Waals surface area contributed by atoms with Crippen molar-refractivity contribution < 1.29 is 9.28 Å². The van der Waals surface area contributed by atoms with Crippen LogP contribution in [0.1, 0.15) is 123 Å². The van der Waals surface area contributed by atoms with Crippen molar-refractivity contribution >= 4 is 5.78 Å². The molecule has 0 aromatic heterocycles. The summed E-state index contributed by atoms with van der Waals surface area (Å²) < 4.78 is 0.956. The van der Waals surface area contributed by atoms with E-state index in [1.165, 1.54) is 109 Å². The molecule has 0 aromatic rings. The molecule has 0 N–H and O–H groups in total. The van der Waals surface area contributed by atoms with E-state index >= 15 is 0 Å². The molecule has 0 aliphatic heterocycles. The van der Waals surface area contributed by atoms with Crippen LogP contribution in [0.25, 0.3) is 0 Å². The number of rotatable bonds is 21. The Morgan fingerprint density at radius 2 is 1.00 bits per heavy atom. The minimum Gasteiger partial charge on any atom is -0.328 e. The first kappa shape index (κ1) is 27.4. The van der Waals surface area contributed by atoms with Gasteiger partial charge in [0, 0.05) is 0 Å². The second kappa shape index (κ2) is 18.4. The van der Waals surface area contributed by atoms with Gasteiger partial charge in [-0.1, -0.05) is 103 Å². The lowest BCUT2D eigenvalue weighted by atomic mass is 10.0. The van der Waals surface area contributed by atoms with Crippen molar-refractivity contribution in [2.75, 3.05) is 27.2 Å². The highest BCUT2D eigenvalue weighted by atomic mass is 16.1. The maximum absolute atomic E-state index is 11.7. The quantitative estimate of drug-likeness (QED) is 0.110. The highest BCUT2D eigenvalue weighted by Crippen LogP contribution is 2.14. The summed E-state index contributed by atoms with van der Waals surface area (Å²) in [5, 5.41) is 0. The maximum atomic E-state index is 11.7. The Morgan fingerprint density at radius 1 is 0.643 bits per heavy atom. The molecule has 0 amide bonds. The van der Waals surface area contributed by atoms with Gasteiger partial charge < -0.3 is 4.48 Å². The second-order valence-corrected chi connectivity index (χ2v) is 9.64. The molecular weight excluding hydrogens is 342 g/mol. The van der Waals surface area contributed by atoms with E-state index in [9.17, 15) is 4.79 Å². The number of nitrogens with zero attached hydrogens (tertiary/aromatic N) is 1. The lowest BCUT2D eigenvalue weighted by Gasteiger charge is -2.29. The van der Waals surface area contributed by atoms with Crippen molar-refractivity contribution in [2.24, 2.45) is 0 Å². The summed E-state index contributed by atoms with van der Waals surface area (Å²) in [6.45, 7) is 9.97. The van der Waals surface area contributed by atoms with Crippen LogP contribution in [0.4, 0.5) is 0 Å². The average molecular weight is 395 g/mol. The van der Waals surface area contributed by atoms with Gasteiger partial charge in [0.05, 0.1) is 33.6 Å². The van der Waals surface area contributed by atoms with Crippen molar-refractivity contribution in [3.63, 3.8) is 0 Å². The molecule has 0 saturated carbocycles. The summed E-state index contributed by atoms with van der Waals surface area (Å²) in [4.78, 5) is 11.7. The van der Waals surface area contributed by atoms with Crippen LogP contribution in [-0.2, 0) is 4.79 Å². The van der Waals surface area contributed by atoms with Crippen LogP contribution in [0.2, 0.25) is 0 Å². The monoisotopic (exact) mass is 394 g/mol. The second-order valence-electron chi connectivity index (χ2n) is 9.64. The van der Waals surface area contributed by atoms with Crippen LogP contribution in [0.15, 0.2) is 12.2 Å². The van der Waals surface area contributed by atoms with E-state index in [-0.39, 0.29) is 5.78 Å². The molecule has 0 aliphatic rings. The Kier molecular flexibility index (Phi) is 18.0. The summed E-state index contributed by atoms with van der Waals surface area (Å²) in [5.41, 5.74) is 0.697. The number of Topliss-reactive ketones (excluding diaryl/α,β-unsaturated/α-hetero) is 1. The minimum absolute atomic E-state index is 0.221. The van der Waals surface area contributed by atoms with Crippen molar-refractivity contribution in [3.8, 4) is 0 Å². The van der Waals surface area contributed by atoms with E-state index < -0.39 is 0 Å². The molecule has 0 unspecified atom stereocenters. The summed E-state index contributed by atoms with van der Waals surface area (Å²) in [6, 6.07) is 0. The molecule has 0 spiro atoms. The molecule has 0 saturated heterocycles. The smallest absolute Gasteiger partial charge is 0.163 e. The lowest BCUT2D eigenvalue weighted by molar-refractivity contribution is -0.889. The van der Waals surface area contributed by atoms with Gasteiger partial charge in [0.15, 0.2) is 5.78 Å². The first-order valence-corrected chi connectivity index (χ1v) is 12.4. The van der Waals surface area contributed by atoms with Crippen molar-refractivity contribution in [1.29, 1.82) is 0 Å². The fourth-order valence-electron chi connectivity index (χ4n) is 3.82. The Labute approximate surface area is 177 Å². The molecule has 0 heterocycles. The van der Waals surface area contributed by atoms with E-state index in [4.69, 9.17) is 0 Å². The van der Waals surface area contributed by atoms with Crippen LogP contribution < -0.4 is 0 Å². The van der Waals surface area contributed by atoms with Crippen LogP contribution >= 0.6 is 0 Å². The third-order valence-corrected chi connectivity index (χ3v) is 6.04. The van der Waals surface area contributed by atoms with Crippen molar-refractivity contribution in [1.82, 2.24) is 0 Å². The average Bonchev–Trinajstić information content (AvgIpc) is 2.65. The zero-order valence-corrected chi connectivity index (χ0v) is 20.0. The van der Waals surface area contributed by atoms with Gasteiger partial charge in [-0.2, -0.15) is 0 Å². The van der Waals surface area contributed by atoms with Crippen molar-refractivity contribution in [3.05, 3.63) is 12.2 Å². The Morgan fingerprint density at radius 3 is 1.36 bits per heavy atom. The van der Waals surface area contributed by atoms with Crippen molar-refractivity contribution in [2.45, 2.75) is 123 Å². The number of unbranched alkanes of at least 4 members (excludes halogenated alkanes) is 15. The number of allylic oxidation sites excluding steroid dienone is 1. The molecule has 0 radical (unpaired) electrons. The molecule has 2 nitrogen and oxygen atoms in total. The molecule has 0 fully saturated rings. The normalized spacial score (nSPS) is 11.7. The Bertz CT molecular complexity index is 386. The summed E-state index contributed by atoms with van der Waals surface area (Å²) >= 11 is 0. The summed E-state index contributed by atoms with van der Waals surface area (Å²) in [5.74, 6) is 0.221. The van der Waals surface area contributed by atoms with Gasteiger partial charge in [-0.05, 0) is 25.3 Å². The van der Waals surface area contributed by atoms with Crippen LogP contribution in [0, 0.1) is 0 Å². The summed E-state index contributed by atoms with van der Waals surface area (Å²) in [7, 11) is 4.49. The largest absolute Gasteiger partial charge is 0.328 e. The van der Waals surface area contributed by atoms with Gasteiger partial charge >= 0.3 is 0 Å². The molecule has 0 aromatic carbocycles. The van der Waals surface area contributed by atoms with Crippen LogP contribution in [-0.4, -0.2) is 37.5 Å². The zero-order valence-electron chi connectivity index (χ0n) is 20.0. The van der Waals surface area contributed by atoms with E-state index in [0.29, 0.717) is 12.0 Å². The Hall–Kier alpha value is -0.630. The maximum Gasteiger partial charge on any atom is 0.163 e. The van der Waals surface area contributed by atoms with Crippen LogP contribution in [0.3, 0.4) is 0 Å². The van der Waals surface area contributed by atoms with E-state index in [1.807, 2.05) is 6.92 Å². The number of carbonyl (C=O) groups is 1. The van der Waals surface area contributed by atoms with E-state index in [2.05, 4.69) is 27.6 Å². The van der Waals surface area contributed by atoms with Gasteiger partial charge in [-0.25, -0.2) is 0 Å². The van der Waals surface area contributed by atoms with Gasteiger partial charge in [0.2, 0.25) is 0 Å². The highest BCUT2D eigenvalue weighted by Gasteiger charge is 2.16. The lowest BCUT2D eigenvalue weighted by Crippen LogP contribution is -2.42. The Balaban J connectivity index is 3.32. The highest BCUT2D eigenvalue weighted by molar-refractivity contribution is 5.94. The van der Waals surface area contributed by atoms with Gasteiger partial charge in [0.1, 0.15) is 0 Å². The number of hydrogen-bond acceptors (Lipinski definition) is 1. The van der Waals surface area contributed by atoms with Crippen LogP contribution in [0.5, 0.6) is 0 Å². The first-order valence-electron chi connectivity index (χ1n) is 12.4. The molecule has 28 heavy (non-hydrogen) atoms. The molecule has 0 bridgehead atoms. The molecule has 166 valence electrons. The van der Waals surface area contributed by atoms with Gasteiger partial charge in [-0.3, -0.25) is 4.79 Å². The topological polar surface area (TPSA) is 17.1 Å². The predicted octanol–water partition coefficient (Wildman–Crippen LogP) is 7.86. The van der Waals surface area contributed by atoms with Gasteiger partial charge in [-0.15, -0.1) is 0 Å². The fraction of sp³-hybridized carbons (Fsp3) is 0.885. The number of quaternary nitrogens is 1. The molecular formula is C26H52NO+. The molecule has 0 rings (SSSR count). The predicted molar refractivity (Wildman–Crippen MR) is 126 cm³/mol. The third kappa shape index (κ3) is 18.7.